The molecule has 1 aromatic carbocycles. The molecule has 0 saturated carbocycles. The summed E-state index contributed by atoms with van der Waals surface area (Å²) in [5.41, 5.74) is 0.934. The Labute approximate surface area is 150 Å². The number of nitrogens with one attached hydrogen (secondary N) is 1. The zero-order valence-electron chi connectivity index (χ0n) is 16.6. The molecular formula is C17H33NO3Si3. The largest absolute Gasteiger partial charge is 0.544 e. The molecule has 1 N–H and O–H groups in total. The summed E-state index contributed by atoms with van der Waals surface area (Å²) in [5.74, 6) is 0.693. The highest BCUT2D eigenvalue weighted by Gasteiger charge is 2.31. The van der Waals surface area contributed by atoms with Gasteiger partial charge in [0.2, 0.25) is 16.6 Å². The SMILES string of the molecule is C[Si](C)(C)NC(C(=O)O[Si](C)(C)C)c1ccc(O[Si](C)(C)C)cc1. The van der Waals surface area contributed by atoms with E-state index in [0.717, 1.165) is 11.3 Å². The summed E-state index contributed by atoms with van der Waals surface area (Å²) in [6, 6.07) is 7.43. The zero-order chi connectivity index (χ0) is 18.8. The smallest absolute Gasteiger partial charge is 0.313 e. The fourth-order valence-electron chi connectivity index (χ4n) is 2.15. The van der Waals surface area contributed by atoms with Gasteiger partial charge in [-0.2, -0.15) is 0 Å². The quantitative estimate of drug-likeness (QED) is 0.691. The molecule has 0 aliphatic rings. The van der Waals surface area contributed by atoms with E-state index in [1.807, 2.05) is 43.9 Å². The minimum Gasteiger partial charge on any atom is -0.544 e. The maximum absolute atomic E-state index is 12.7. The third-order valence-electron chi connectivity index (χ3n) is 2.86. The lowest BCUT2D eigenvalue weighted by Gasteiger charge is -2.29. The molecule has 0 bridgehead atoms. The lowest BCUT2D eigenvalue weighted by Crippen LogP contribution is -2.48. The molecule has 0 aliphatic heterocycles. The third-order valence-corrected chi connectivity index (χ3v) is 5.67. The average Bonchev–Trinajstić information content (AvgIpc) is 2.32. The minimum absolute atomic E-state index is 0.171. The second-order valence-electron chi connectivity index (χ2n) is 9.14. The number of carbonyl (C=O) groups excluding carboxylic acids is 1. The fourth-order valence-corrected chi connectivity index (χ4v) is 4.87. The second kappa shape index (κ2) is 7.55. The highest BCUT2D eigenvalue weighted by molar-refractivity contribution is 6.74. The van der Waals surface area contributed by atoms with E-state index in [1.165, 1.54) is 0 Å². The van der Waals surface area contributed by atoms with Crippen molar-refractivity contribution in [2.24, 2.45) is 0 Å². The van der Waals surface area contributed by atoms with Gasteiger partial charge in [-0.1, -0.05) is 31.8 Å². The van der Waals surface area contributed by atoms with Crippen LogP contribution in [0.5, 0.6) is 5.75 Å². The Balaban J connectivity index is 3.04. The predicted octanol–water partition coefficient (Wildman–Crippen LogP) is 4.74. The number of hydrogen-bond acceptors (Lipinski definition) is 4. The van der Waals surface area contributed by atoms with Gasteiger partial charge in [0.25, 0.3) is 0 Å². The topological polar surface area (TPSA) is 47.6 Å². The molecule has 0 radical (unpaired) electrons. The van der Waals surface area contributed by atoms with Crippen LogP contribution in [0.1, 0.15) is 11.6 Å². The molecular weight excluding hydrogens is 350 g/mol. The normalized spacial score (nSPS) is 14.2. The molecule has 0 saturated heterocycles. The highest BCUT2D eigenvalue weighted by atomic mass is 28.4. The summed E-state index contributed by atoms with van der Waals surface area (Å²) < 4.78 is 11.7. The van der Waals surface area contributed by atoms with Crippen molar-refractivity contribution in [3.8, 4) is 5.75 Å². The van der Waals surface area contributed by atoms with E-state index >= 15 is 0 Å². The molecule has 0 aromatic heterocycles. The Bertz CT molecular complexity index is 554. The average molecular weight is 384 g/mol. The first-order valence-electron chi connectivity index (χ1n) is 8.46. The van der Waals surface area contributed by atoms with Crippen molar-refractivity contribution in [3.05, 3.63) is 29.8 Å². The molecule has 0 heterocycles. The Kier molecular flexibility index (Phi) is 6.65. The second-order valence-corrected chi connectivity index (χ2v) is 22.8. The summed E-state index contributed by atoms with van der Waals surface area (Å²) in [7, 11) is -5.21. The Morgan fingerprint density at radius 2 is 1.38 bits per heavy atom. The number of carbonyl (C=O) groups is 1. The summed E-state index contributed by atoms with van der Waals surface area (Å²) in [6.45, 7) is 19.1. The molecule has 1 atom stereocenters. The van der Waals surface area contributed by atoms with Crippen LogP contribution in [0.2, 0.25) is 58.9 Å². The zero-order valence-corrected chi connectivity index (χ0v) is 19.6. The molecule has 136 valence electrons. The molecule has 7 heteroatoms. The lowest BCUT2D eigenvalue weighted by molar-refractivity contribution is -0.137. The van der Waals surface area contributed by atoms with Crippen LogP contribution in [-0.4, -0.2) is 30.8 Å². The molecule has 24 heavy (non-hydrogen) atoms. The predicted molar refractivity (Wildman–Crippen MR) is 109 cm³/mol. The third kappa shape index (κ3) is 8.27. The molecule has 4 nitrogen and oxygen atoms in total. The van der Waals surface area contributed by atoms with E-state index in [1.54, 1.807) is 0 Å². The lowest BCUT2D eigenvalue weighted by atomic mass is 10.1. The number of hydrogen-bond donors (Lipinski definition) is 1. The van der Waals surface area contributed by atoms with Crippen LogP contribution in [0.4, 0.5) is 0 Å². The van der Waals surface area contributed by atoms with Crippen molar-refractivity contribution >= 4 is 30.8 Å². The van der Waals surface area contributed by atoms with E-state index < -0.39 is 30.9 Å². The van der Waals surface area contributed by atoms with Crippen molar-refractivity contribution in [1.29, 1.82) is 0 Å². The van der Waals surface area contributed by atoms with Gasteiger partial charge in [0.05, 0.1) is 0 Å². The summed E-state index contributed by atoms with van der Waals surface area (Å²) in [4.78, 5) is 16.2. The molecule has 1 aromatic rings. The van der Waals surface area contributed by atoms with Gasteiger partial charge >= 0.3 is 5.97 Å². The maximum atomic E-state index is 12.7. The van der Waals surface area contributed by atoms with Crippen LogP contribution in [0.25, 0.3) is 0 Å². The van der Waals surface area contributed by atoms with Crippen LogP contribution < -0.4 is 9.41 Å². The Hall–Kier alpha value is -0.899. The highest BCUT2D eigenvalue weighted by Crippen LogP contribution is 2.23. The van der Waals surface area contributed by atoms with Gasteiger partial charge in [-0.05, 0) is 57.0 Å². The van der Waals surface area contributed by atoms with Gasteiger partial charge in [-0.15, -0.1) is 0 Å². The summed E-state index contributed by atoms with van der Waals surface area (Å²) in [6.07, 6.45) is 0. The molecule has 1 rings (SSSR count). The maximum Gasteiger partial charge on any atom is 0.313 e. The monoisotopic (exact) mass is 383 g/mol. The first-order chi connectivity index (χ1) is 10.7. The Morgan fingerprint density at radius 1 is 0.875 bits per heavy atom. The molecule has 1 unspecified atom stereocenters. The van der Waals surface area contributed by atoms with Gasteiger partial charge in [-0.3, -0.25) is 4.79 Å². The van der Waals surface area contributed by atoms with E-state index in [0.29, 0.717) is 0 Å². The van der Waals surface area contributed by atoms with Gasteiger partial charge in [0, 0.05) is 0 Å². The molecule has 0 aliphatic carbocycles. The first kappa shape index (κ1) is 21.1. The standard InChI is InChI=1S/C17H33NO3Si3/c1-22(2,3)18-16(17(19)21-24(7,8)9)14-10-12-15(13-11-14)20-23(4,5)6/h10-13,16,18H,1-9H3. The Morgan fingerprint density at radius 3 is 1.75 bits per heavy atom. The van der Waals surface area contributed by atoms with Crippen LogP contribution in [-0.2, 0) is 9.22 Å². The van der Waals surface area contributed by atoms with Crippen molar-refractivity contribution < 1.29 is 13.6 Å². The minimum atomic E-state index is -1.93. The van der Waals surface area contributed by atoms with Crippen LogP contribution in [0.15, 0.2) is 24.3 Å². The van der Waals surface area contributed by atoms with Gasteiger partial charge in [-0.25, -0.2) is 0 Å². The molecule has 0 fully saturated rings. The van der Waals surface area contributed by atoms with Gasteiger partial charge in [0.1, 0.15) is 20.0 Å². The van der Waals surface area contributed by atoms with Crippen LogP contribution >= 0.6 is 0 Å². The van der Waals surface area contributed by atoms with E-state index in [4.69, 9.17) is 8.85 Å². The van der Waals surface area contributed by atoms with Crippen molar-refractivity contribution in [2.45, 2.75) is 65.0 Å². The number of rotatable bonds is 7. The van der Waals surface area contributed by atoms with E-state index in [2.05, 4.69) is 44.3 Å². The molecule has 0 spiro atoms. The van der Waals surface area contributed by atoms with Gasteiger partial charge in [0.15, 0.2) is 0 Å². The first-order valence-corrected chi connectivity index (χ1v) is 18.8. The van der Waals surface area contributed by atoms with E-state index in [-0.39, 0.29) is 5.97 Å². The van der Waals surface area contributed by atoms with Crippen LogP contribution in [0.3, 0.4) is 0 Å². The summed E-state index contributed by atoms with van der Waals surface area (Å²) in [5, 5.41) is 0. The van der Waals surface area contributed by atoms with Crippen molar-refractivity contribution in [3.63, 3.8) is 0 Å². The summed E-state index contributed by atoms with van der Waals surface area (Å²) >= 11 is 0. The van der Waals surface area contributed by atoms with Gasteiger partial charge < -0.3 is 13.8 Å². The molecule has 0 amide bonds. The van der Waals surface area contributed by atoms with Crippen molar-refractivity contribution in [1.82, 2.24) is 4.98 Å². The van der Waals surface area contributed by atoms with Crippen LogP contribution in [0, 0.1) is 0 Å². The number of benzene rings is 1. The van der Waals surface area contributed by atoms with Crippen molar-refractivity contribution in [2.75, 3.05) is 0 Å². The van der Waals surface area contributed by atoms with E-state index in [9.17, 15) is 4.79 Å². The fraction of sp³-hybridized carbons (Fsp3) is 0.588.